The lowest BCUT2D eigenvalue weighted by Crippen LogP contribution is -2.27. The van der Waals surface area contributed by atoms with Crippen molar-refractivity contribution in [2.75, 3.05) is 18.4 Å². The van der Waals surface area contributed by atoms with Gasteiger partial charge in [-0.1, -0.05) is 6.08 Å². The van der Waals surface area contributed by atoms with E-state index in [2.05, 4.69) is 33.5 Å². The Morgan fingerprint density at radius 2 is 2.07 bits per heavy atom. The van der Waals surface area contributed by atoms with Crippen LogP contribution in [-0.2, 0) is 16.0 Å². The van der Waals surface area contributed by atoms with Gasteiger partial charge in [0.15, 0.2) is 0 Å². The predicted octanol–water partition coefficient (Wildman–Crippen LogP) is 2.94. The smallest absolute Gasteiger partial charge is 0.246 e. The average Bonchev–Trinajstić information content (AvgIpc) is 3.32. The lowest BCUT2D eigenvalue weighted by molar-refractivity contribution is -0.125. The zero-order chi connectivity index (χ0) is 19.8. The molecule has 1 fully saturated rings. The fraction of sp³-hybridized carbons (Fsp3) is 0.304. The molecule has 1 saturated heterocycles. The molecule has 0 radical (unpaired) electrons. The highest BCUT2D eigenvalue weighted by molar-refractivity contribution is 5.94. The third kappa shape index (κ3) is 3.58. The molecule has 5 rings (SSSR count). The molecule has 1 N–H and O–H groups in total. The Bertz CT molecular complexity index is 1030. The Labute approximate surface area is 169 Å². The van der Waals surface area contributed by atoms with E-state index < -0.39 is 0 Å². The summed E-state index contributed by atoms with van der Waals surface area (Å²) in [6.07, 6.45) is 13.3. The van der Waals surface area contributed by atoms with Crippen molar-refractivity contribution in [2.45, 2.75) is 19.3 Å². The summed E-state index contributed by atoms with van der Waals surface area (Å²) < 4.78 is 0. The summed E-state index contributed by atoms with van der Waals surface area (Å²) in [6, 6.07) is 6.10. The maximum Gasteiger partial charge on any atom is 0.246 e. The van der Waals surface area contributed by atoms with Crippen molar-refractivity contribution in [3.05, 3.63) is 65.6 Å². The molecule has 6 heteroatoms. The van der Waals surface area contributed by atoms with Gasteiger partial charge in [-0.2, -0.15) is 0 Å². The minimum atomic E-state index is 0.00388. The summed E-state index contributed by atoms with van der Waals surface area (Å²) in [6.45, 7) is 1.57. The summed E-state index contributed by atoms with van der Waals surface area (Å²) in [7, 11) is 0. The van der Waals surface area contributed by atoms with E-state index in [9.17, 15) is 9.59 Å². The van der Waals surface area contributed by atoms with Gasteiger partial charge in [0.2, 0.25) is 11.8 Å². The number of aromatic nitrogens is 2. The number of amides is 2. The van der Waals surface area contributed by atoms with Gasteiger partial charge in [0, 0.05) is 44.2 Å². The van der Waals surface area contributed by atoms with Crippen molar-refractivity contribution in [1.29, 1.82) is 0 Å². The van der Waals surface area contributed by atoms with Gasteiger partial charge in [-0.25, -0.2) is 4.98 Å². The van der Waals surface area contributed by atoms with E-state index in [4.69, 9.17) is 0 Å². The highest BCUT2D eigenvalue weighted by Crippen LogP contribution is 2.40. The minimum Gasteiger partial charge on any atom is -0.338 e. The molecule has 0 spiro atoms. The third-order valence-corrected chi connectivity index (χ3v) is 6.04. The second-order valence-electron chi connectivity index (χ2n) is 7.96. The molecule has 2 aromatic rings. The number of likely N-dealkylation sites (tertiary alicyclic amines) is 1. The first-order valence-electron chi connectivity index (χ1n) is 10.0. The first-order valence-corrected chi connectivity index (χ1v) is 10.0. The van der Waals surface area contributed by atoms with Gasteiger partial charge in [0.25, 0.3) is 0 Å². The van der Waals surface area contributed by atoms with E-state index in [0.717, 1.165) is 30.6 Å². The van der Waals surface area contributed by atoms with Crippen molar-refractivity contribution in [1.82, 2.24) is 14.9 Å². The van der Waals surface area contributed by atoms with Gasteiger partial charge in [-0.15, -0.1) is 0 Å². The summed E-state index contributed by atoms with van der Waals surface area (Å²) in [5.74, 6) is 1.62. The number of pyridine rings is 2. The fourth-order valence-electron chi connectivity index (χ4n) is 4.51. The highest BCUT2D eigenvalue weighted by Gasteiger charge is 2.37. The Morgan fingerprint density at radius 1 is 1.21 bits per heavy atom. The molecule has 4 heterocycles. The maximum atomic E-state index is 12.7. The first-order chi connectivity index (χ1) is 14.2. The molecule has 0 bridgehead atoms. The number of carbonyl (C=O) groups is 2. The monoisotopic (exact) mass is 386 g/mol. The van der Waals surface area contributed by atoms with E-state index in [1.165, 1.54) is 11.1 Å². The van der Waals surface area contributed by atoms with E-state index >= 15 is 0 Å². The number of anilines is 1. The number of rotatable bonds is 3. The molecule has 3 aliphatic rings. The molecule has 0 aromatic carbocycles. The van der Waals surface area contributed by atoms with Gasteiger partial charge >= 0.3 is 0 Å². The second-order valence-corrected chi connectivity index (χ2v) is 7.96. The van der Waals surface area contributed by atoms with Crippen LogP contribution in [0.1, 0.15) is 29.5 Å². The standard InChI is InChI=1S/C23H22N4O2/c28-21-3-2-17-9-15(12-25-23(17)26-21)1-4-22(29)27-13-19-10-18(11-20(19)14-27)16-5-7-24-8-6-16/h1,4-10,12,19-20H,2-3,11,13-14H2,(H,25,26,28). The van der Waals surface area contributed by atoms with E-state index in [1.54, 1.807) is 12.3 Å². The molecular weight excluding hydrogens is 364 g/mol. The molecule has 2 aromatic heterocycles. The number of allylic oxidation sites excluding steroid dienone is 1. The Morgan fingerprint density at radius 3 is 2.90 bits per heavy atom. The van der Waals surface area contributed by atoms with Gasteiger partial charge in [0.1, 0.15) is 5.82 Å². The van der Waals surface area contributed by atoms with Gasteiger partial charge in [0.05, 0.1) is 0 Å². The SMILES string of the molecule is O=C1CCc2cc(C=CC(=O)N3CC4C=C(c5ccncc5)CC4C3)cnc2N1. The normalized spacial score (nSPS) is 23.0. The van der Waals surface area contributed by atoms with Crippen LogP contribution in [0.25, 0.3) is 11.6 Å². The van der Waals surface area contributed by atoms with Gasteiger partial charge < -0.3 is 10.2 Å². The first kappa shape index (κ1) is 17.8. The quantitative estimate of drug-likeness (QED) is 0.823. The molecule has 6 nitrogen and oxygen atoms in total. The van der Waals surface area contributed by atoms with Crippen LogP contribution in [0, 0.1) is 11.8 Å². The zero-order valence-electron chi connectivity index (χ0n) is 16.0. The topological polar surface area (TPSA) is 75.2 Å². The highest BCUT2D eigenvalue weighted by atomic mass is 16.2. The number of hydrogen-bond acceptors (Lipinski definition) is 4. The Balaban J connectivity index is 1.23. The van der Waals surface area contributed by atoms with Crippen LogP contribution in [0.4, 0.5) is 5.82 Å². The number of nitrogens with one attached hydrogen (secondary N) is 1. The van der Waals surface area contributed by atoms with Crippen molar-refractivity contribution < 1.29 is 9.59 Å². The lowest BCUT2D eigenvalue weighted by atomic mass is 9.99. The van der Waals surface area contributed by atoms with Gasteiger partial charge in [-0.05, 0) is 71.2 Å². The largest absolute Gasteiger partial charge is 0.338 e. The molecule has 2 amide bonds. The summed E-state index contributed by atoms with van der Waals surface area (Å²) in [5, 5.41) is 2.78. The summed E-state index contributed by atoms with van der Waals surface area (Å²) in [4.78, 5) is 34.4. The second kappa shape index (κ2) is 7.28. The zero-order valence-corrected chi connectivity index (χ0v) is 16.0. The van der Waals surface area contributed by atoms with E-state index in [0.29, 0.717) is 30.5 Å². The van der Waals surface area contributed by atoms with Crippen LogP contribution in [0.3, 0.4) is 0 Å². The summed E-state index contributed by atoms with van der Waals surface area (Å²) in [5.41, 5.74) is 4.51. The van der Waals surface area contributed by atoms with Crippen molar-refractivity contribution in [3.63, 3.8) is 0 Å². The fourth-order valence-corrected chi connectivity index (χ4v) is 4.51. The molecule has 29 heavy (non-hydrogen) atoms. The maximum absolute atomic E-state index is 12.7. The van der Waals surface area contributed by atoms with Crippen LogP contribution in [0.2, 0.25) is 0 Å². The third-order valence-electron chi connectivity index (χ3n) is 6.04. The summed E-state index contributed by atoms with van der Waals surface area (Å²) >= 11 is 0. The molecule has 2 unspecified atom stereocenters. The molecule has 0 saturated carbocycles. The van der Waals surface area contributed by atoms with Crippen LogP contribution in [0.15, 0.2) is 48.9 Å². The molecule has 1 aliphatic carbocycles. The van der Waals surface area contributed by atoms with Crippen molar-refractivity contribution in [2.24, 2.45) is 11.8 Å². The average molecular weight is 386 g/mol. The number of nitrogens with zero attached hydrogens (tertiary/aromatic N) is 3. The predicted molar refractivity (Wildman–Crippen MR) is 111 cm³/mol. The van der Waals surface area contributed by atoms with Crippen LogP contribution < -0.4 is 5.32 Å². The number of carbonyl (C=O) groups excluding carboxylic acids is 2. The molecule has 146 valence electrons. The molecule has 2 atom stereocenters. The Kier molecular flexibility index (Phi) is 4.46. The number of aryl methyl sites for hydroxylation is 1. The van der Waals surface area contributed by atoms with Crippen LogP contribution >= 0.6 is 0 Å². The lowest BCUT2D eigenvalue weighted by Gasteiger charge is -2.16. The number of fused-ring (bicyclic) bond motifs is 2. The van der Waals surface area contributed by atoms with Crippen LogP contribution in [-0.4, -0.2) is 39.8 Å². The van der Waals surface area contributed by atoms with Crippen LogP contribution in [0.5, 0.6) is 0 Å². The molecular formula is C23H22N4O2. The number of hydrogen-bond donors (Lipinski definition) is 1. The molecule has 2 aliphatic heterocycles. The van der Waals surface area contributed by atoms with Gasteiger partial charge in [-0.3, -0.25) is 14.6 Å². The Hall–Kier alpha value is -3.28. The minimum absolute atomic E-state index is 0.00388. The van der Waals surface area contributed by atoms with Crippen molar-refractivity contribution in [3.8, 4) is 0 Å². The van der Waals surface area contributed by atoms with E-state index in [1.807, 2.05) is 29.4 Å². The van der Waals surface area contributed by atoms with E-state index in [-0.39, 0.29) is 11.8 Å². The van der Waals surface area contributed by atoms with Crippen molar-refractivity contribution >= 4 is 29.3 Å².